The van der Waals surface area contributed by atoms with Gasteiger partial charge in [0.15, 0.2) is 0 Å². The lowest BCUT2D eigenvalue weighted by molar-refractivity contribution is -0.134. The van der Waals surface area contributed by atoms with E-state index in [1.807, 2.05) is 30.3 Å². The second-order valence-corrected chi connectivity index (χ2v) is 6.25. The van der Waals surface area contributed by atoms with Gasteiger partial charge in [-0.15, -0.1) is 0 Å². The van der Waals surface area contributed by atoms with Gasteiger partial charge in [-0.1, -0.05) is 35.5 Å². The number of piperazine rings is 1. The highest BCUT2D eigenvalue weighted by Gasteiger charge is 2.29. The van der Waals surface area contributed by atoms with Gasteiger partial charge in [0.25, 0.3) is 5.91 Å². The summed E-state index contributed by atoms with van der Waals surface area (Å²) in [5.74, 6) is -0.0363. The Kier molecular flexibility index (Phi) is 5.14. The van der Waals surface area contributed by atoms with E-state index in [9.17, 15) is 9.59 Å². The van der Waals surface area contributed by atoms with Crippen LogP contribution >= 0.6 is 0 Å². The fourth-order valence-corrected chi connectivity index (χ4v) is 2.94. The Labute approximate surface area is 146 Å². The quantitative estimate of drug-likeness (QED) is 0.889. The SMILES string of the molecule is Cc1cc(C(=O)N2CCN(C(=O)[C@@H](N)Cc3ccccc3)CC2)on1. The van der Waals surface area contributed by atoms with Crippen molar-refractivity contribution < 1.29 is 14.1 Å². The van der Waals surface area contributed by atoms with E-state index in [0.29, 0.717) is 38.3 Å². The summed E-state index contributed by atoms with van der Waals surface area (Å²) in [5.41, 5.74) is 7.78. The van der Waals surface area contributed by atoms with Crippen molar-refractivity contribution in [2.75, 3.05) is 26.2 Å². The molecular weight excluding hydrogens is 320 g/mol. The van der Waals surface area contributed by atoms with Crippen molar-refractivity contribution in [3.8, 4) is 0 Å². The van der Waals surface area contributed by atoms with Gasteiger partial charge in [0.1, 0.15) is 0 Å². The number of carbonyl (C=O) groups is 2. The summed E-state index contributed by atoms with van der Waals surface area (Å²) in [7, 11) is 0. The van der Waals surface area contributed by atoms with Crippen molar-refractivity contribution in [1.82, 2.24) is 15.0 Å². The number of hydrogen-bond acceptors (Lipinski definition) is 5. The highest BCUT2D eigenvalue weighted by atomic mass is 16.5. The number of hydrogen-bond donors (Lipinski definition) is 1. The molecule has 1 aromatic carbocycles. The van der Waals surface area contributed by atoms with E-state index in [2.05, 4.69) is 5.16 Å². The van der Waals surface area contributed by atoms with Gasteiger partial charge in [0.05, 0.1) is 11.7 Å². The molecule has 0 unspecified atom stereocenters. The average Bonchev–Trinajstić information content (AvgIpc) is 3.08. The fourth-order valence-electron chi connectivity index (χ4n) is 2.94. The first-order valence-electron chi connectivity index (χ1n) is 8.35. The van der Waals surface area contributed by atoms with Crippen LogP contribution in [0.3, 0.4) is 0 Å². The second-order valence-electron chi connectivity index (χ2n) is 6.25. The van der Waals surface area contributed by atoms with Gasteiger partial charge in [-0.3, -0.25) is 9.59 Å². The molecule has 0 aliphatic carbocycles. The highest BCUT2D eigenvalue weighted by molar-refractivity contribution is 5.91. The Hall–Kier alpha value is -2.67. The van der Waals surface area contributed by atoms with E-state index in [1.165, 1.54) is 0 Å². The third-order valence-electron chi connectivity index (χ3n) is 4.33. The zero-order valence-corrected chi connectivity index (χ0v) is 14.2. The minimum Gasteiger partial charge on any atom is -0.351 e. The molecule has 1 atom stereocenters. The maximum absolute atomic E-state index is 12.5. The van der Waals surface area contributed by atoms with Crippen LogP contribution in [-0.2, 0) is 11.2 Å². The first-order chi connectivity index (χ1) is 12.0. The topological polar surface area (TPSA) is 92.7 Å². The zero-order chi connectivity index (χ0) is 17.8. The van der Waals surface area contributed by atoms with E-state index in [-0.39, 0.29) is 17.6 Å². The molecule has 1 aromatic heterocycles. The summed E-state index contributed by atoms with van der Waals surface area (Å²) in [6, 6.07) is 10.8. The summed E-state index contributed by atoms with van der Waals surface area (Å²) >= 11 is 0. The summed E-state index contributed by atoms with van der Waals surface area (Å²) in [5, 5.41) is 3.74. The van der Waals surface area contributed by atoms with Gasteiger partial charge in [0, 0.05) is 32.2 Å². The van der Waals surface area contributed by atoms with Gasteiger partial charge in [-0.25, -0.2) is 0 Å². The van der Waals surface area contributed by atoms with E-state index < -0.39 is 6.04 Å². The Morgan fingerprint density at radius 2 is 1.80 bits per heavy atom. The Morgan fingerprint density at radius 1 is 1.16 bits per heavy atom. The number of aromatic nitrogens is 1. The number of aryl methyl sites for hydroxylation is 1. The van der Waals surface area contributed by atoms with Crippen LogP contribution in [-0.4, -0.2) is 59.0 Å². The number of benzene rings is 1. The standard InChI is InChI=1S/C18H22N4O3/c1-13-11-16(25-20-13)18(24)22-9-7-21(8-10-22)17(23)15(19)12-14-5-3-2-4-6-14/h2-6,11,15H,7-10,12,19H2,1H3/t15-/m0/s1. The van der Waals surface area contributed by atoms with Crippen LogP contribution in [0.5, 0.6) is 0 Å². The summed E-state index contributed by atoms with van der Waals surface area (Å²) in [6.45, 7) is 3.64. The monoisotopic (exact) mass is 342 g/mol. The number of rotatable bonds is 4. The molecule has 0 spiro atoms. The van der Waals surface area contributed by atoms with Gasteiger partial charge in [-0.05, 0) is 18.9 Å². The van der Waals surface area contributed by atoms with E-state index >= 15 is 0 Å². The molecule has 2 amide bonds. The van der Waals surface area contributed by atoms with Gasteiger partial charge in [0.2, 0.25) is 11.7 Å². The molecule has 2 aromatic rings. The molecule has 2 N–H and O–H groups in total. The maximum Gasteiger partial charge on any atom is 0.292 e. The Bertz CT molecular complexity index is 736. The van der Waals surface area contributed by atoms with Crippen LogP contribution in [0.1, 0.15) is 21.8 Å². The number of amides is 2. The van der Waals surface area contributed by atoms with Crippen molar-refractivity contribution in [1.29, 1.82) is 0 Å². The Morgan fingerprint density at radius 3 is 2.40 bits per heavy atom. The molecule has 25 heavy (non-hydrogen) atoms. The predicted molar refractivity (Wildman–Crippen MR) is 91.8 cm³/mol. The third-order valence-corrected chi connectivity index (χ3v) is 4.33. The lowest BCUT2D eigenvalue weighted by Gasteiger charge is -2.35. The summed E-state index contributed by atoms with van der Waals surface area (Å²) < 4.78 is 5.02. The summed E-state index contributed by atoms with van der Waals surface area (Å²) in [6.07, 6.45) is 0.510. The molecule has 1 fully saturated rings. The van der Waals surface area contributed by atoms with Crippen molar-refractivity contribution in [2.24, 2.45) is 5.73 Å². The molecule has 3 rings (SSSR count). The molecule has 0 saturated carbocycles. The predicted octanol–water partition coefficient (Wildman–Crippen LogP) is 0.837. The van der Waals surface area contributed by atoms with Crippen LogP contribution in [0.2, 0.25) is 0 Å². The van der Waals surface area contributed by atoms with Gasteiger partial charge < -0.3 is 20.1 Å². The van der Waals surface area contributed by atoms with Gasteiger partial charge in [-0.2, -0.15) is 0 Å². The number of carbonyl (C=O) groups excluding carboxylic acids is 2. The van der Waals surface area contributed by atoms with E-state index in [0.717, 1.165) is 5.56 Å². The third kappa shape index (κ3) is 4.06. The molecule has 0 radical (unpaired) electrons. The van der Waals surface area contributed by atoms with Crippen molar-refractivity contribution >= 4 is 11.8 Å². The average molecular weight is 342 g/mol. The molecule has 1 saturated heterocycles. The molecule has 2 heterocycles. The maximum atomic E-state index is 12.5. The normalized spacial score (nSPS) is 15.9. The van der Waals surface area contributed by atoms with Crippen LogP contribution < -0.4 is 5.73 Å². The van der Waals surface area contributed by atoms with Crippen LogP contribution in [0, 0.1) is 6.92 Å². The molecule has 132 valence electrons. The van der Waals surface area contributed by atoms with E-state index in [4.69, 9.17) is 10.3 Å². The lowest BCUT2D eigenvalue weighted by Crippen LogP contribution is -2.54. The van der Waals surface area contributed by atoms with Crippen LogP contribution in [0.15, 0.2) is 40.9 Å². The number of nitrogens with zero attached hydrogens (tertiary/aromatic N) is 3. The minimum atomic E-state index is -0.568. The van der Waals surface area contributed by atoms with Crippen molar-refractivity contribution in [3.63, 3.8) is 0 Å². The Balaban J connectivity index is 1.53. The zero-order valence-electron chi connectivity index (χ0n) is 14.2. The smallest absolute Gasteiger partial charge is 0.292 e. The van der Waals surface area contributed by atoms with Crippen LogP contribution in [0.25, 0.3) is 0 Å². The van der Waals surface area contributed by atoms with Crippen molar-refractivity contribution in [3.05, 3.63) is 53.4 Å². The first-order valence-corrected chi connectivity index (χ1v) is 8.35. The molecular formula is C18H22N4O3. The largest absolute Gasteiger partial charge is 0.351 e. The minimum absolute atomic E-state index is 0.0774. The first kappa shape index (κ1) is 17.2. The summed E-state index contributed by atoms with van der Waals surface area (Å²) in [4.78, 5) is 28.2. The molecule has 7 heteroatoms. The van der Waals surface area contributed by atoms with E-state index in [1.54, 1.807) is 22.8 Å². The van der Waals surface area contributed by atoms with Crippen LogP contribution in [0.4, 0.5) is 0 Å². The fraction of sp³-hybridized carbons (Fsp3) is 0.389. The molecule has 1 aliphatic heterocycles. The van der Waals surface area contributed by atoms with Gasteiger partial charge >= 0.3 is 0 Å². The number of nitrogens with two attached hydrogens (primary N) is 1. The molecule has 0 bridgehead atoms. The van der Waals surface area contributed by atoms with Crippen molar-refractivity contribution in [2.45, 2.75) is 19.4 Å². The second kappa shape index (κ2) is 7.48. The molecule has 1 aliphatic rings. The highest BCUT2D eigenvalue weighted by Crippen LogP contribution is 2.11. The lowest BCUT2D eigenvalue weighted by atomic mass is 10.1. The molecule has 7 nitrogen and oxygen atoms in total.